The zero-order chi connectivity index (χ0) is 15.7. The van der Waals surface area contributed by atoms with E-state index in [1.54, 1.807) is 21.0 Å². The van der Waals surface area contributed by atoms with Gasteiger partial charge in [0.1, 0.15) is 12.4 Å². The standard InChI is InChI=1S/C16H25NO4/c1-16(2,15(18)20-4)12-21-14-7-5-13(6-8-14)11-17-9-10-19-3/h5-8,17H,9-12H2,1-4H3. The zero-order valence-corrected chi connectivity index (χ0v) is 13.3. The van der Waals surface area contributed by atoms with Crippen molar-refractivity contribution < 1.29 is 19.0 Å². The van der Waals surface area contributed by atoms with Gasteiger partial charge >= 0.3 is 5.97 Å². The van der Waals surface area contributed by atoms with E-state index in [1.165, 1.54) is 12.7 Å². The highest BCUT2D eigenvalue weighted by Gasteiger charge is 2.29. The van der Waals surface area contributed by atoms with E-state index < -0.39 is 5.41 Å². The lowest BCUT2D eigenvalue weighted by Crippen LogP contribution is -2.32. The van der Waals surface area contributed by atoms with E-state index in [1.807, 2.05) is 24.3 Å². The molecule has 21 heavy (non-hydrogen) atoms. The fraction of sp³-hybridized carbons (Fsp3) is 0.562. The monoisotopic (exact) mass is 295 g/mol. The lowest BCUT2D eigenvalue weighted by atomic mass is 9.95. The molecule has 0 radical (unpaired) electrons. The predicted molar refractivity (Wildman–Crippen MR) is 81.3 cm³/mol. The molecular formula is C16H25NO4. The largest absolute Gasteiger partial charge is 0.492 e. The summed E-state index contributed by atoms with van der Waals surface area (Å²) in [4.78, 5) is 11.6. The fourth-order valence-electron chi connectivity index (χ4n) is 1.71. The molecule has 0 aliphatic heterocycles. The smallest absolute Gasteiger partial charge is 0.314 e. The van der Waals surface area contributed by atoms with Crippen LogP contribution < -0.4 is 10.1 Å². The molecule has 0 saturated carbocycles. The Kier molecular flexibility index (Phi) is 7.19. The van der Waals surface area contributed by atoms with Crippen LogP contribution in [0.1, 0.15) is 19.4 Å². The first-order chi connectivity index (χ1) is 9.99. The van der Waals surface area contributed by atoms with Crippen LogP contribution in [0.3, 0.4) is 0 Å². The summed E-state index contributed by atoms with van der Waals surface area (Å²) in [5.41, 5.74) is 0.514. The van der Waals surface area contributed by atoms with Crippen molar-refractivity contribution in [3.63, 3.8) is 0 Å². The Hall–Kier alpha value is -1.59. The van der Waals surface area contributed by atoms with Crippen LogP contribution in [-0.4, -0.2) is 39.9 Å². The van der Waals surface area contributed by atoms with Crippen molar-refractivity contribution in [3.05, 3.63) is 29.8 Å². The molecule has 0 fully saturated rings. The molecule has 0 amide bonds. The Morgan fingerprint density at radius 3 is 2.43 bits per heavy atom. The van der Waals surface area contributed by atoms with Crippen LogP contribution in [0.2, 0.25) is 0 Å². The summed E-state index contributed by atoms with van der Waals surface area (Å²) >= 11 is 0. The van der Waals surface area contributed by atoms with E-state index in [9.17, 15) is 4.79 Å². The summed E-state index contributed by atoms with van der Waals surface area (Å²) in [6.07, 6.45) is 0. The molecule has 5 heteroatoms. The molecule has 1 N–H and O–H groups in total. The van der Waals surface area contributed by atoms with Crippen molar-refractivity contribution >= 4 is 5.97 Å². The quantitative estimate of drug-likeness (QED) is 0.558. The van der Waals surface area contributed by atoms with Crippen molar-refractivity contribution in [2.24, 2.45) is 5.41 Å². The Bertz CT molecular complexity index is 428. The van der Waals surface area contributed by atoms with Crippen LogP contribution in [-0.2, 0) is 20.8 Å². The number of rotatable bonds is 9. The maximum Gasteiger partial charge on any atom is 0.314 e. The molecule has 0 atom stereocenters. The minimum absolute atomic E-state index is 0.276. The summed E-state index contributed by atoms with van der Waals surface area (Å²) in [6.45, 7) is 6.19. The average Bonchev–Trinajstić information content (AvgIpc) is 2.50. The van der Waals surface area contributed by atoms with Crippen molar-refractivity contribution in [2.45, 2.75) is 20.4 Å². The van der Waals surface area contributed by atoms with Gasteiger partial charge in [0.25, 0.3) is 0 Å². The van der Waals surface area contributed by atoms with Crippen molar-refractivity contribution in [1.29, 1.82) is 0 Å². The zero-order valence-electron chi connectivity index (χ0n) is 13.3. The summed E-state index contributed by atoms with van der Waals surface area (Å²) in [5.74, 6) is 0.467. The molecule has 0 spiro atoms. The van der Waals surface area contributed by atoms with Gasteiger partial charge in [0.05, 0.1) is 19.1 Å². The maximum absolute atomic E-state index is 11.6. The molecule has 0 bridgehead atoms. The maximum atomic E-state index is 11.6. The third-order valence-electron chi connectivity index (χ3n) is 3.07. The molecule has 1 rings (SSSR count). The summed E-state index contributed by atoms with van der Waals surface area (Å²) < 4.78 is 15.4. The predicted octanol–water partition coefficient (Wildman–Crippen LogP) is 2.00. The third kappa shape index (κ3) is 6.14. The van der Waals surface area contributed by atoms with Crippen LogP contribution >= 0.6 is 0 Å². The van der Waals surface area contributed by atoms with Gasteiger partial charge in [-0.3, -0.25) is 4.79 Å². The van der Waals surface area contributed by atoms with E-state index in [0.717, 1.165) is 18.8 Å². The van der Waals surface area contributed by atoms with Gasteiger partial charge in [-0.1, -0.05) is 12.1 Å². The number of hydrogen-bond acceptors (Lipinski definition) is 5. The van der Waals surface area contributed by atoms with Gasteiger partial charge in [-0.15, -0.1) is 0 Å². The Balaban J connectivity index is 2.42. The van der Waals surface area contributed by atoms with Gasteiger partial charge < -0.3 is 19.5 Å². The highest BCUT2D eigenvalue weighted by Crippen LogP contribution is 2.20. The van der Waals surface area contributed by atoms with Crippen LogP contribution in [0.25, 0.3) is 0 Å². The van der Waals surface area contributed by atoms with Crippen LogP contribution in [0, 0.1) is 5.41 Å². The van der Waals surface area contributed by atoms with Gasteiger partial charge in [-0.25, -0.2) is 0 Å². The second-order valence-corrected chi connectivity index (χ2v) is 5.48. The molecule has 0 aliphatic rings. The average molecular weight is 295 g/mol. The first kappa shape index (κ1) is 17.5. The topological polar surface area (TPSA) is 56.8 Å². The molecule has 118 valence electrons. The van der Waals surface area contributed by atoms with Crippen LogP contribution in [0.4, 0.5) is 0 Å². The number of methoxy groups -OCH3 is 2. The normalized spacial score (nSPS) is 11.2. The summed E-state index contributed by atoms with van der Waals surface area (Å²) in [5, 5.41) is 3.27. The third-order valence-corrected chi connectivity index (χ3v) is 3.07. The second kappa shape index (κ2) is 8.64. The van der Waals surface area contributed by atoms with E-state index in [4.69, 9.17) is 14.2 Å². The number of carbonyl (C=O) groups excluding carboxylic acids is 1. The Morgan fingerprint density at radius 2 is 1.86 bits per heavy atom. The van der Waals surface area contributed by atoms with Crippen molar-refractivity contribution in [3.8, 4) is 5.75 Å². The molecule has 0 aromatic heterocycles. The van der Waals surface area contributed by atoms with Gasteiger partial charge in [-0.05, 0) is 31.5 Å². The van der Waals surface area contributed by atoms with Gasteiger partial charge in [0.2, 0.25) is 0 Å². The highest BCUT2D eigenvalue weighted by molar-refractivity contribution is 5.75. The first-order valence-electron chi connectivity index (χ1n) is 6.99. The first-order valence-corrected chi connectivity index (χ1v) is 6.99. The lowest BCUT2D eigenvalue weighted by molar-refractivity contribution is -0.152. The highest BCUT2D eigenvalue weighted by atomic mass is 16.5. The van der Waals surface area contributed by atoms with E-state index >= 15 is 0 Å². The number of esters is 1. The number of ether oxygens (including phenoxy) is 3. The lowest BCUT2D eigenvalue weighted by Gasteiger charge is -2.21. The molecule has 0 heterocycles. The number of benzene rings is 1. The van der Waals surface area contributed by atoms with E-state index in [0.29, 0.717) is 6.61 Å². The molecule has 0 unspecified atom stereocenters. The molecule has 0 saturated heterocycles. The summed E-state index contributed by atoms with van der Waals surface area (Å²) in [7, 11) is 3.07. The summed E-state index contributed by atoms with van der Waals surface area (Å²) in [6, 6.07) is 7.81. The molecule has 5 nitrogen and oxygen atoms in total. The molecule has 1 aromatic rings. The number of nitrogens with one attached hydrogen (secondary N) is 1. The Morgan fingerprint density at radius 1 is 1.19 bits per heavy atom. The van der Waals surface area contributed by atoms with Gasteiger partial charge in [-0.2, -0.15) is 0 Å². The number of carbonyl (C=O) groups is 1. The van der Waals surface area contributed by atoms with Gasteiger partial charge in [0.15, 0.2) is 0 Å². The van der Waals surface area contributed by atoms with Crippen molar-refractivity contribution in [1.82, 2.24) is 5.32 Å². The van der Waals surface area contributed by atoms with E-state index in [-0.39, 0.29) is 12.6 Å². The van der Waals surface area contributed by atoms with E-state index in [2.05, 4.69) is 5.32 Å². The van der Waals surface area contributed by atoms with Crippen LogP contribution in [0.15, 0.2) is 24.3 Å². The number of hydrogen-bond donors (Lipinski definition) is 1. The molecule has 0 aliphatic carbocycles. The SMILES string of the molecule is COCCNCc1ccc(OCC(C)(C)C(=O)OC)cc1. The second-order valence-electron chi connectivity index (χ2n) is 5.48. The van der Waals surface area contributed by atoms with Gasteiger partial charge in [0, 0.05) is 20.2 Å². The van der Waals surface area contributed by atoms with Crippen LogP contribution in [0.5, 0.6) is 5.75 Å². The Labute approximate surface area is 126 Å². The minimum atomic E-state index is -0.658. The minimum Gasteiger partial charge on any atom is -0.492 e. The fourth-order valence-corrected chi connectivity index (χ4v) is 1.71. The van der Waals surface area contributed by atoms with Crippen molar-refractivity contribution in [2.75, 3.05) is 34.0 Å². The molecular weight excluding hydrogens is 270 g/mol. The molecule has 1 aromatic carbocycles.